The second-order valence-electron chi connectivity index (χ2n) is 5.73. The number of hydrogen-bond donors (Lipinski definition) is 1. The Kier molecular flexibility index (Phi) is 4.81. The van der Waals surface area contributed by atoms with Gasteiger partial charge in [-0.2, -0.15) is 0 Å². The molecule has 0 atom stereocenters. The predicted octanol–water partition coefficient (Wildman–Crippen LogP) is 5.09. The summed E-state index contributed by atoms with van der Waals surface area (Å²) in [6.45, 7) is 9.71. The molecule has 2 rings (SSSR count). The number of rotatable bonds is 4. The molecule has 5 heteroatoms. The Bertz CT molecular complexity index is 587. The van der Waals surface area contributed by atoms with Crippen molar-refractivity contribution in [3.05, 3.63) is 27.7 Å². The lowest BCUT2D eigenvalue weighted by molar-refractivity contribution is 0.604. The molecular weight excluding hydrogens is 334 g/mol. The quantitative estimate of drug-likeness (QED) is 0.831. The molecule has 1 N–H and O–H groups in total. The minimum Gasteiger partial charge on any atom is -0.369 e. The summed E-state index contributed by atoms with van der Waals surface area (Å²) in [6, 6.07) is 4.28. The molecule has 2 aromatic rings. The van der Waals surface area contributed by atoms with Crippen LogP contribution in [0.1, 0.15) is 39.0 Å². The average Bonchev–Trinajstić information content (AvgIpc) is 2.87. The third-order valence-electron chi connectivity index (χ3n) is 2.85. The third kappa shape index (κ3) is 3.58. The van der Waals surface area contributed by atoms with Crippen LogP contribution in [0.4, 0.5) is 5.82 Å². The van der Waals surface area contributed by atoms with Crippen molar-refractivity contribution in [3.8, 4) is 10.7 Å². The third-order valence-corrected chi connectivity index (χ3v) is 4.94. The maximum Gasteiger partial charge on any atom is 0.171 e. The van der Waals surface area contributed by atoms with Crippen molar-refractivity contribution in [1.29, 1.82) is 0 Å². The number of nitrogens with one attached hydrogen (secondary N) is 1. The number of aromatic nitrogens is 2. The van der Waals surface area contributed by atoms with Gasteiger partial charge in [0, 0.05) is 17.6 Å². The lowest BCUT2D eigenvalue weighted by Gasteiger charge is -2.15. The summed E-state index contributed by atoms with van der Waals surface area (Å²) in [5.41, 5.74) is 0.168. The Balaban J connectivity index is 2.31. The fourth-order valence-corrected chi connectivity index (χ4v) is 3.05. The van der Waals surface area contributed by atoms with Crippen molar-refractivity contribution in [2.45, 2.75) is 39.5 Å². The van der Waals surface area contributed by atoms with Crippen LogP contribution in [-0.4, -0.2) is 16.5 Å². The van der Waals surface area contributed by atoms with Gasteiger partial charge in [-0.15, -0.1) is 11.3 Å². The van der Waals surface area contributed by atoms with E-state index in [1.54, 1.807) is 11.3 Å². The summed E-state index contributed by atoms with van der Waals surface area (Å²) in [4.78, 5) is 11.5. The number of halogens is 1. The van der Waals surface area contributed by atoms with Crippen molar-refractivity contribution in [2.24, 2.45) is 0 Å². The Morgan fingerprint density at radius 1 is 1.30 bits per heavy atom. The van der Waals surface area contributed by atoms with E-state index >= 15 is 0 Å². The first-order valence-corrected chi connectivity index (χ1v) is 8.40. The van der Waals surface area contributed by atoms with Gasteiger partial charge >= 0.3 is 0 Å². The molecule has 0 bridgehead atoms. The lowest BCUT2D eigenvalue weighted by atomic mass is 9.95. The van der Waals surface area contributed by atoms with Crippen LogP contribution in [0, 0.1) is 0 Å². The van der Waals surface area contributed by atoms with E-state index in [2.05, 4.69) is 71.0 Å². The molecule has 0 amide bonds. The van der Waals surface area contributed by atoms with Crippen LogP contribution in [0.2, 0.25) is 0 Å². The van der Waals surface area contributed by atoms with E-state index in [0.29, 0.717) is 0 Å². The van der Waals surface area contributed by atoms with Gasteiger partial charge in [0.2, 0.25) is 0 Å². The van der Waals surface area contributed by atoms with E-state index in [1.165, 1.54) is 4.88 Å². The van der Waals surface area contributed by atoms with E-state index < -0.39 is 0 Å². The molecule has 2 heterocycles. The minimum absolute atomic E-state index is 0.168. The summed E-state index contributed by atoms with van der Waals surface area (Å²) < 4.78 is 0.905. The fourth-order valence-electron chi connectivity index (χ4n) is 1.71. The largest absolute Gasteiger partial charge is 0.369 e. The van der Waals surface area contributed by atoms with Gasteiger partial charge in [-0.25, -0.2) is 9.97 Å². The molecule has 0 spiro atoms. The van der Waals surface area contributed by atoms with E-state index in [-0.39, 0.29) is 5.41 Å². The van der Waals surface area contributed by atoms with Gasteiger partial charge < -0.3 is 5.32 Å². The molecule has 2 aromatic heterocycles. The Morgan fingerprint density at radius 3 is 2.65 bits per heavy atom. The number of anilines is 1. The van der Waals surface area contributed by atoms with Gasteiger partial charge in [-0.1, -0.05) is 27.7 Å². The molecule has 0 aromatic carbocycles. The minimum atomic E-state index is 0.168. The Morgan fingerprint density at radius 2 is 2.05 bits per heavy atom. The standard InChI is InChI=1S/C15H20BrN3S/c1-5-8-17-13-10(16)9-18-14(19-13)11-6-7-12(20-11)15(2,3)4/h6-7,9H,5,8H2,1-4H3,(H,17,18,19). The van der Waals surface area contributed by atoms with Crippen molar-refractivity contribution >= 4 is 33.1 Å². The van der Waals surface area contributed by atoms with Crippen molar-refractivity contribution < 1.29 is 0 Å². The van der Waals surface area contributed by atoms with Crippen LogP contribution < -0.4 is 5.32 Å². The number of thiophene rings is 1. The Labute approximate surface area is 133 Å². The smallest absolute Gasteiger partial charge is 0.171 e. The molecule has 0 aliphatic carbocycles. The predicted molar refractivity (Wildman–Crippen MR) is 90.5 cm³/mol. The topological polar surface area (TPSA) is 37.8 Å². The zero-order valence-corrected chi connectivity index (χ0v) is 14.7. The molecule has 0 aliphatic rings. The van der Waals surface area contributed by atoms with Crippen LogP contribution >= 0.6 is 27.3 Å². The molecule has 3 nitrogen and oxygen atoms in total. The van der Waals surface area contributed by atoms with Crippen molar-refractivity contribution in [1.82, 2.24) is 9.97 Å². The maximum absolute atomic E-state index is 4.62. The van der Waals surface area contributed by atoms with Gasteiger partial charge in [-0.05, 0) is 39.9 Å². The maximum atomic E-state index is 4.62. The highest BCUT2D eigenvalue weighted by Crippen LogP contribution is 2.34. The molecule has 0 saturated carbocycles. The molecule has 0 fully saturated rings. The van der Waals surface area contributed by atoms with Gasteiger partial charge in [0.05, 0.1) is 9.35 Å². The molecule has 20 heavy (non-hydrogen) atoms. The zero-order chi connectivity index (χ0) is 14.8. The first-order valence-electron chi connectivity index (χ1n) is 6.79. The van der Waals surface area contributed by atoms with Crippen molar-refractivity contribution in [2.75, 3.05) is 11.9 Å². The van der Waals surface area contributed by atoms with E-state index in [0.717, 1.165) is 34.0 Å². The molecule has 108 valence electrons. The monoisotopic (exact) mass is 353 g/mol. The summed E-state index contributed by atoms with van der Waals surface area (Å²) >= 11 is 5.25. The first-order chi connectivity index (χ1) is 9.41. The van der Waals surface area contributed by atoms with Crippen LogP contribution in [0.5, 0.6) is 0 Å². The highest BCUT2D eigenvalue weighted by atomic mass is 79.9. The first kappa shape index (κ1) is 15.4. The molecule has 0 radical (unpaired) electrons. The van der Waals surface area contributed by atoms with Gasteiger partial charge in [0.15, 0.2) is 5.82 Å². The number of hydrogen-bond acceptors (Lipinski definition) is 4. The normalized spacial score (nSPS) is 11.7. The highest BCUT2D eigenvalue weighted by Gasteiger charge is 2.17. The van der Waals surface area contributed by atoms with Gasteiger partial charge in [0.25, 0.3) is 0 Å². The van der Waals surface area contributed by atoms with Crippen LogP contribution in [0.15, 0.2) is 22.8 Å². The summed E-state index contributed by atoms with van der Waals surface area (Å²) in [5.74, 6) is 1.65. The van der Waals surface area contributed by atoms with Crippen LogP contribution in [-0.2, 0) is 5.41 Å². The van der Waals surface area contributed by atoms with Crippen LogP contribution in [0.25, 0.3) is 10.7 Å². The second kappa shape index (κ2) is 6.22. The molecular formula is C15H20BrN3S. The van der Waals surface area contributed by atoms with Crippen LogP contribution in [0.3, 0.4) is 0 Å². The van der Waals surface area contributed by atoms with Gasteiger partial charge in [0.1, 0.15) is 5.82 Å². The highest BCUT2D eigenvalue weighted by molar-refractivity contribution is 9.10. The zero-order valence-electron chi connectivity index (χ0n) is 12.3. The van der Waals surface area contributed by atoms with Gasteiger partial charge in [-0.3, -0.25) is 0 Å². The summed E-state index contributed by atoms with van der Waals surface area (Å²) in [7, 11) is 0. The van der Waals surface area contributed by atoms with E-state index in [4.69, 9.17) is 0 Å². The molecule has 0 aliphatic heterocycles. The lowest BCUT2D eigenvalue weighted by Crippen LogP contribution is -2.07. The Hall–Kier alpha value is -0.940. The van der Waals surface area contributed by atoms with Crippen molar-refractivity contribution in [3.63, 3.8) is 0 Å². The fraction of sp³-hybridized carbons (Fsp3) is 0.467. The van der Waals surface area contributed by atoms with E-state index in [1.807, 2.05) is 6.20 Å². The summed E-state index contributed by atoms with van der Waals surface area (Å²) in [6.07, 6.45) is 2.88. The summed E-state index contributed by atoms with van der Waals surface area (Å²) in [5, 5.41) is 3.32. The average molecular weight is 354 g/mol. The second-order valence-corrected chi connectivity index (χ2v) is 7.67. The SMILES string of the molecule is CCCNc1nc(-c2ccc(C(C)(C)C)s2)ncc1Br. The number of nitrogens with zero attached hydrogens (tertiary/aromatic N) is 2. The molecule has 0 saturated heterocycles. The van der Waals surface area contributed by atoms with E-state index in [9.17, 15) is 0 Å². The molecule has 0 unspecified atom stereocenters.